The molecule has 1 heterocycles. The van der Waals surface area contributed by atoms with Gasteiger partial charge in [-0.2, -0.15) is 0 Å². The summed E-state index contributed by atoms with van der Waals surface area (Å²) >= 11 is 1.50. The van der Waals surface area contributed by atoms with Crippen LogP contribution in [0.3, 0.4) is 0 Å². The van der Waals surface area contributed by atoms with Crippen molar-refractivity contribution in [2.75, 3.05) is 6.61 Å². The molecular weight excluding hydrogens is 160 g/mol. The topological polar surface area (TPSA) is 40.5 Å². The highest BCUT2D eigenvalue weighted by Crippen LogP contribution is 2.21. The van der Waals surface area contributed by atoms with Crippen LogP contribution in [0.25, 0.3) is 6.08 Å². The average Bonchev–Trinajstić information content (AvgIpc) is 2.50. The molecule has 11 heavy (non-hydrogen) atoms. The highest BCUT2D eigenvalue weighted by molar-refractivity contribution is 7.11. The van der Waals surface area contributed by atoms with Crippen LogP contribution in [-0.4, -0.2) is 16.8 Å². The molecule has 0 saturated heterocycles. The van der Waals surface area contributed by atoms with Crippen LogP contribution in [0.4, 0.5) is 0 Å². The van der Waals surface area contributed by atoms with E-state index < -0.39 is 6.10 Å². The summed E-state index contributed by atoms with van der Waals surface area (Å²) in [6.07, 6.45) is 0.970. The molecule has 0 radical (unpaired) electrons. The Balaban J connectivity index is 2.79. The van der Waals surface area contributed by atoms with Gasteiger partial charge >= 0.3 is 0 Å². The molecule has 0 aliphatic carbocycles. The van der Waals surface area contributed by atoms with Gasteiger partial charge in [-0.15, -0.1) is 11.3 Å². The summed E-state index contributed by atoms with van der Waals surface area (Å²) < 4.78 is 0. The lowest BCUT2D eigenvalue weighted by atomic mass is 10.2. The number of hydrogen-bond donors (Lipinski definition) is 2. The maximum atomic E-state index is 9.16. The van der Waals surface area contributed by atoms with Gasteiger partial charge in [0.1, 0.15) is 6.10 Å². The minimum Gasteiger partial charge on any atom is -0.393 e. The van der Waals surface area contributed by atoms with E-state index in [1.165, 1.54) is 11.3 Å². The Bertz CT molecular complexity index is 242. The molecule has 0 spiro atoms. The van der Waals surface area contributed by atoms with E-state index >= 15 is 0 Å². The fourth-order valence-electron chi connectivity index (χ4n) is 0.756. The monoisotopic (exact) mass is 170 g/mol. The first-order valence-corrected chi connectivity index (χ1v) is 4.15. The van der Waals surface area contributed by atoms with Gasteiger partial charge in [-0.25, -0.2) is 0 Å². The van der Waals surface area contributed by atoms with Gasteiger partial charge in [0, 0.05) is 4.88 Å². The van der Waals surface area contributed by atoms with Crippen LogP contribution >= 0.6 is 11.3 Å². The first-order valence-electron chi connectivity index (χ1n) is 3.27. The van der Waals surface area contributed by atoms with Gasteiger partial charge in [0.05, 0.1) is 6.61 Å². The van der Waals surface area contributed by atoms with Crippen molar-refractivity contribution < 1.29 is 10.2 Å². The summed E-state index contributed by atoms with van der Waals surface area (Å²) in [5, 5.41) is 19.6. The molecule has 0 aliphatic rings. The maximum absolute atomic E-state index is 9.16. The Morgan fingerprint density at radius 1 is 1.73 bits per heavy atom. The van der Waals surface area contributed by atoms with Gasteiger partial charge in [-0.1, -0.05) is 12.7 Å². The summed E-state index contributed by atoms with van der Waals surface area (Å²) in [5.74, 6) is 0. The Morgan fingerprint density at radius 3 is 2.91 bits per heavy atom. The molecule has 0 fully saturated rings. The molecule has 1 aromatic rings. The van der Waals surface area contributed by atoms with E-state index in [9.17, 15) is 0 Å². The van der Waals surface area contributed by atoms with E-state index in [0.29, 0.717) is 0 Å². The summed E-state index contributed by atoms with van der Waals surface area (Å²) in [7, 11) is 0. The molecule has 1 atom stereocenters. The molecule has 3 heteroatoms. The maximum Gasteiger partial charge on any atom is 0.103 e. The Kier molecular flexibility index (Phi) is 2.82. The zero-order valence-corrected chi connectivity index (χ0v) is 6.84. The molecule has 0 aliphatic heterocycles. The summed E-state index contributed by atoms with van der Waals surface area (Å²) in [5.41, 5.74) is 0.757. The molecule has 1 rings (SSSR count). The second kappa shape index (κ2) is 3.67. The summed E-state index contributed by atoms with van der Waals surface area (Å²) in [6.45, 7) is 3.37. The number of rotatable bonds is 3. The standard InChI is InChI=1S/C8H10O2S/c1-2-7-3-6(5-11-7)8(10)4-9/h2-3,5,8-10H,1,4H2. The molecule has 0 saturated carbocycles. The van der Waals surface area contributed by atoms with Crippen molar-refractivity contribution in [3.63, 3.8) is 0 Å². The molecule has 1 unspecified atom stereocenters. The molecule has 0 amide bonds. The Morgan fingerprint density at radius 2 is 2.45 bits per heavy atom. The number of aliphatic hydroxyl groups is 2. The largest absolute Gasteiger partial charge is 0.393 e. The first-order chi connectivity index (χ1) is 5.27. The summed E-state index contributed by atoms with van der Waals surface area (Å²) in [6, 6.07) is 1.82. The minimum atomic E-state index is -0.750. The second-order valence-electron chi connectivity index (χ2n) is 2.18. The van der Waals surface area contributed by atoms with E-state index in [4.69, 9.17) is 10.2 Å². The lowest BCUT2D eigenvalue weighted by Crippen LogP contribution is -1.99. The highest BCUT2D eigenvalue weighted by Gasteiger charge is 2.06. The van der Waals surface area contributed by atoms with Gasteiger partial charge in [0.15, 0.2) is 0 Å². The third-order valence-electron chi connectivity index (χ3n) is 1.40. The molecule has 2 N–H and O–H groups in total. The van der Waals surface area contributed by atoms with Gasteiger partial charge in [-0.3, -0.25) is 0 Å². The fourth-order valence-corrected chi connectivity index (χ4v) is 1.55. The molecule has 0 bridgehead atoms. The zero-order valence-electron chi connectivity index (χ0n) is 6.03. The number of thiophene rings is 1. The first kappa shape index (κ1) is 8.46. The van der Waals surface area contributed by atoms with E-state index in [0.717, 1.165) is 10.4 Å². The molecule has 0 aromatic carbocycles. The number of aliphatic hydroxyl groups excluding tert-OH is 2. The normalized spacial score (nSPS) is 12.9. The van der Waals surface area contributed by atoms with Crippen molar-refractivity contribution in [2.24, 2.45) is 0 Å². The predicted molar refractivity (Wildman–Crippen MR) is 46.5 cm³/mol. The van der Waals surface area contributed by atoms with Crippen LogP contribution in [0.5, 0.6) is 0 Å². The van der Waals surface area contributed by atoms with Crippen molar-refractivity contribution >= 4 is 17.4 Å². The van der Waals surface area contributed by atoms with Crippen molar-refractivity contribution in [1.82, 2.24) is 0 Å². The van der Waals surface area contributed by atoms with Crippen molar-refractivity contribution in [2.45, 2.75) is 6.10 Å². The quantitative estimate of drug-likeness (QED) is 0.720. The van der Waals surface area contributed by atoms with E-state index in [2.05, 4.69) is 6.58 Å². The predicted octanol–water partition coefficient (Wildman–Crippen LogP) is 1.42. The molecule has 2 nitrogen and oxygen atoms in total. The lowest BCUT2D eigenvalue weighted by molar-refractivity contribution is 0.0959. The van der Waals surface area contributed by atoms with Gasteiger partial charge in [-0.05, 0) is 17.0 Å². The van der Waals surface area contributed by atoms with E-state index in [1.54, 1.807) is 6.08 Å². The van der Waals surface area contributed by atoms with Crippen LogP contribution in [0.1, 0.15) is 16.5 Å². The molecular formula is C8H10O2S. The zero-order chi connectivity index (χ0) is 8.27. The molecule has 1 aromatic heterocycles. The second-order valence-corrected chi connectivity index (χ2v) is 3.13. The van der Waals surface area contributed by atoms with Gasteiger partial charge in [0.2, 0.25) is 0 Å². The number of hydrogen-bond acceptors (Lipinski definition) is 3. The van der Waals surface area contributed by atoms with Gasteiger partial charge in [0.25, 0.3) is 0 Å². The summed E-state index contributed by atoms with van der Waals surface area (Å²) in [4.78, 5) is 1.01. The fraction of sp³-hybridized carbons (Fsp3) is 0.250. The van der Waals surface area contributed by atoms with Crippen LogP contribution in [0.15, 0.2) is 18.0 Å². The third kappa shape index (κ3) is 1.89. The van der Waals surface area contributed by atoms with E-state index in [1.807, 2.05) is 11.4 Å². The van der Waals surface area contributed by atoms with Gasteiger partial charge < -0.3 is 10.2 Å². The smallest absolute Gasteiger partial charge is 0.103 e. The Labute approximate surface area is 69.4 Å². The van der Waals surface area contributed by atoms with Crippen molar-refractivity contribution in [3.8, 4) is 0 Å². The SMILES string of the molecule is C=Cc1cc(C(O)CO)cs1. The van der Waals surface area contributed by atoms with Crippen LogP contribution in [0, 0.1) is 0 Å². The lowest BCUT2D eigenvalue weighted by Gasteiger charge is -2.01. The average molecular weight is 170 g/mol. The van der Waals surface area contributed by atoms with Crippen LogP contribution < -0.4 is 0 Å². The van der Waals surface area contributed by atoms with Crippen LogP contribution in [0.2, 0.25) is 0 Å². The van der Waals surface area contributed by atoms with Crippen molar-refractivity contribution in [3.05, 3.63) is 28.5 Å². The highest BCUT2D eigenvalue weighted by atomic mass is 32.1. The third-order valence-corrected chi connectivity index (χ3v) is 2.35. The Hall–Kier alpha value is -0.640. The minimum absolute atomic E-state index is 0.229. The van der Waals surface area contributed by atoms with Crippen molar-refractivity contribution in [1.29, 1.82) is 0 Å². The van der Waals surface area contributed by atoms with E-state index in [-0.39, 0.29) is 6.61 Å². The molecule has 60 valence electrons. The van der Waals surface area contributed by atoms with Crippen LogP contribution in [-0.2, 0) is 0 Å².